The normalized spacial score (nSPS) is 11.1. The van der Waals surface area contributed by atoms with E-state index in [2.05, 4.69) is 24.9 Å². The molecule has 0 aliphatic carbocycles. The third kappa shape index (κ3) is 3.00. The van der Waals surface area contributed by atoms with E-state index in [0.717, 1.165) is 11.3 Å². The van der Waals surface area contributed by atoms with Crippen LogP contribution in [0.2, 0.25) is 0 Å². The van der Waals surface area contributed by atoms with Crippen LogP contribution in [-0.4, -0.2) is 33.3 Å². The molecule has 0 aliphatic heterocycles. The molecule has 2 heterocycles. The van der Waals surface area contributed by atoms with Gasteiger partial charge in [-0.25, -0.2) is 19.9 Å². The van der Waals surface area contributed by atoms with Crippen LogP contribution in [0.25, 0.3) is 11.2 Å². The van der Waals surface area contributed by atoms with Gasteiger partial charge in [-0.3, -0.25) is 4.99 Å². The lowest BCUT2D eigenvalue weighted by atomic mass is 10.2. The van der Waals surface area contributed by atoms with Crippen LogP contribution in [-0.2, 0) is 6.54 Å². The number of hydrogen-bond donors (Lipinski definition) is 0. The number of ether oxygens (including phenoxy) is 1. The van der Waals surface area contributed by atoms with E-state index in [4.69, 9.17) is 4.74 Å². The third-order valence-electron chi connectivity index (χ3n) is 2.91. The van der Waals surface area contributed by atoms with Gasteiger partial charge in [0.15, 0.2) is 11.5 Å². The standard InChI is InChI=1S/C15H13N5O/c1-21-13-5-3-2-4-11(13)8-16-10-14-19-9-12-15(20-14)18-7-6-17-12/h2-7,9-10H,8H2,1H3/b16-10+. The molecule has 0 bridgehead atoms. The molecule has 0 radical (unpaired) electrons. The fourth-order valence-corrected chi connectivity index (χ4v) is 1.90. The van der Waals surface area contributed by atoms with Crippen molar-refractivity contribution >= 4 is 17.4 Å². The van der Waals surface area contributed by atoms with Gasteiger partial charge in [0.1, 0.15) is 11.3 Å². The van der Waals surface area contributed by atoms with Crippen LogP contribution >= 0.6 is 0 Å². The summed E-state index contributed by atoms with van der Waals surface area (Å²) < 4.78 is 5.28. The van der Waals surface area contributed by atoms with E-state index in [1.54, 1.807) is 31.9 Å². The quantitative estimate of drug-likeness (QED) is 0.683. The minimum atomic E-state index is 0.506. The second kappa shape index (κ2) is 6.04. The summed E-state index contributed by atoms with van der Waals surface area (Å²) in [5.74, 6) is 1.33. The molecular formula is C15H13N5O. The van der Waals surface area contributed by atoms with Crippen LogP contribution < -0.4 is 4.74 Å². The predicted molar refractivity (Wildman–Crippen MR) is 79.4 cm³/mol. The van der Waals surface area contributed by atoms with E-state index in [1.807, 2.05) is 24.3 Å². The summed E-state index contributed by atoms with van der Waals surface area (Å²) in [6.07, 6.45) is 6.48. The highest BCUT2D eigenvalue weighted by Gasteiger charge is 2.01. The van der Waals surface area contributed by atoms with E-state index >= 15 is 0 Å². The summed E-state index contributed by atoms with van der Waals surface area (Å²) >= 11 is 0. The summed E-state index contributed by atoms with van der Waals surface area (Å²) in [4.78, 5) is 21.1. The van der Waals surface area contributed by atoms with Crippen LogP contribution in [0.4, 0.5) is 0 Å². The highest BCUT2D eigenvalue weighted by atomic mass is 16.5. The molecule has 6 nitrogen and oxygen atoms in total. The molecule has 0 atom stereocenters. The largest absolute Gasteiger partial charge is 0.496 e. The number of hydrogen-bond acceptors (Lipinski definition) is 6. The molecule has 21 heavy (non-hydrogen) atoms. The van der Waals surface area contributed by atoms with Gasteiger partial charge in [-0.15, -0.1) is 0 Å². The lowest BCUT2D eigenvalue weighted by molar-refractivity contribution is 0.410. The molecule has 0 saturated heterocycles. The van der Waals surface area contributed by atoms with Crippen LogP contribution in [0.1, 0.15) is 11.4 Å². The number of benzene rings is 1. The summed E-state index contributed by atoms with van der Waals surface area (Å²) in [5.41, 5.74) is 2.24. The van der Waals surface area contributed by atoms with Gasteiger partial charge >= 0.3 is 0 Å². The predicted octanol–water partition coefficient (Wildman–Crippen LogP) is 2.05. The Balaban J connectivity index is 1.78. The first-order valence-corrected chi connectivity index (χ1v) is 6.42. The number of fused-ring (bicyclic) bond motifs is 1. The van der Waals surface area contributed by atoms with Gasteiger partial charge in [0.25, 0.3) is 0 Å². The second-order valence-corrected chi connectivity index (χ2v) is 4.28. The van der Waals surface area contributed by atoms with Crippen LogP contribution in [0, 0.1) is 0 Å². The Morgan fingerprint density at radius 3 is 2.90 bits per heavy atom. The van der Waals surface area contributed by atoms with Crippen LogP contribution in [0.5, 0.6) is 5.75 Å². The average molecular weight is 279 g/mol. The van der Waals surface area contributed by atoms with Gasteiger partial charge in [0.2, 0.25) is 0 Å². The number of nitrogens with zero attached hydrogens (tertiary/aromatic N) is 5. The molecule has 2 aromatic heterocycles. The van der Waals surface area contributed by atoms with E-state index in [1.165, 1.54) is 0 Å². The van der Waals surface area contributed by atoms with Crippen molar-refractivity contribution in [3.8, 4) is 5.75 Å². The topological polar surface area (TPSA) is 73.2 Å². The Morgan fingerprint density at radius 1 is 1.14 bits per heavy atom. The minimum absolute atomic E-state index is 0.506. The lowest BCUT2D eigenvalue weighted by Gasteiger charge is -2.04. The van der Waals surface area contributed by atoms with Gasteiger partial charge in [0.05, 0.1) is 26.1 Å². The van der Waals surface area contributed by atoms with Crippen molar-refractivity contribution in [1.29, 1.82) is 0 Å². The molecule has 1 aromatic carbocycles. The fourth-order valence-electron chi connectivity index (χ4n) is 1.90. The van der Waals surface area contributed by atoms with Crippen LogP contribution in [0.15, 0.2) is 47.8 Å². The molecule has 6 heteroatoms. The zero-order valence-electron chi connectivity index (χ0n) is 11.5. The molecule has 0 spiro atoms. The molecule has 3 rings (SSSR count). The van der Waals surface area contributed by atoms with Crippen molar-refractivity contribution < 1.29 is 4.74 Å². The second-order valence-electron chi connectivity index (χ2n) is 4.28. The van der Waals surface area contributed by atoms with Gasteiger partial charge in [-0.05, 0) is 6.07 Å². The van der Waals surface area contributed by atoms with Crippen LogP contribution in [0.3, 0.4) is 0 Å². The van der Waals surface area contributed by atoms with Gasteiger partial charge in [-0.1, -0.05) is 18.2 Å². The average Bonchev–Trinajstić information content (AvgIpc) is 2.55. The van der Waals surface area contributed by atoms with Crippen molar-refractivity contribution in [2.24, 2.45) is 4.99 Å². The number of rotatable bonds is 4. The summed E-state index contributed by atoms with van der Waals surface area (Å²) in [7, 11) is 1.65. The van der Waals surface area contributed by atoms with Gasteiger partial charge < -0.3 is 4.74 Å². The molecule has 0 N–H and O–H groups in total. The Kier molecular flexibility index (Phi) is 3.77. The Morgan fingerprint density at radius 2 is 2.00 bits per heavy atom. The molecule has 3 aromatic rings. The van der Waals surface area contributed by atoms with E-state index < -0.39 is 0 Å². The fraction of sp³-hybridized carbons (Fsp3) is 0.133. The highest BCUT2D eigenvalue weighted by molar-refractivity contribution is 5.78. The van der Waals surface area contributed by atoms with Crippen molar-refractivity contribution in [3.63, 3.8) is 0 Å². The first kappa shape index (κ1) is 13.1. The molecule has 0 amide bonds. The number of methoxy groups -OCH3 is 1. The van der Waals surface area contributed by atoms with E-state index in [0.29, 0.717) is 23.5 Å². The van der Waals surface area contributed by atoms with Crippen molar-refractivity contribution in [1.82, 2.24) is 19.9 Å². The van der Waals surface area contributed by atoms with Crippen molar-refractivity contribution in [2.75, 3.05) is 7.11 Å². The number of para-hydroxylation sites is 1. The first-order chi connectivity index (χ1) is 10.4. The smallest absolute Gasteiger partial charge is 0.181 e. The SMILES string of the molecule is COc1ccccc1C/N=C/c1ncc2nccnc2n1. The molecular weight excluding hydrogens is 266 g/mol. The minimum Gasteiger partial charge on any atom is -0.496 e. The monoisotopic (exact) mass is 279 g/mol. The van der Waals surface area contributed by atoms with Gasteiger partial charge in [0, 0.05) is 18.0 Å². The van der Waals surface area contributed by atoms with Crippen molar-refractivity contribution in [3.05, 3.63) is 54.2 Å². The maximum Gasteiger partial charge on any atom is 0.181 e. The molecule has 0 aliphatic rings. The van der Waals surface area contributed by atoms with E-state index in [9.17, 15) is 0 Å². The number of aliphatic imine (C=N–C) groups is 1. The molecule has 0 unspecified atom stereocenters. The summed E-state index contributed by atoms with van der Waals surface area (Å²) in [6, 6.07) is 7.77. The zero-order valence-corrected chi connectivity index (χ0v) is 11.5. The summed E-state index contributed by atoms with van der Waals surface area (Å²) in [5, 5.41) is 0. The molecule has 0 saturated carbocycles. The third-order valence-corrected chi connectivity index (χ3v) is 2.91. The zero-order chi connectivity index (χ0) is 14.5. The maximum absolute atomic E-state index is 5.28. The van der Waals surface area contributed by atoms with Gasteiger partial charge in [-0.2, -0.15) is 0 Å². The number of aromatic nitrogens is 4. The first-order valence-electron chi connectivity index (χ1n) is 6.42. The Hall–Kier alpha value is -2.89. The lowest BCUT2D eigenvalue weighted by Crippen LogP contribution is -1.97. The van der Waals surface area contributed by atoms with E-state index in [-0.39, 0.29) is 0 Å². The highest BCUT2D eigenvalue weighted by Crippen LogP contribution is 2.17. The Bertz CT molecular complexity index is 788. The molecule has 0 fully saturated rings. The van der Waals surface area contributed by atoms with Crippen molar-refractivity contribution in [2.45, 2.75) is 6.54 Å². The Labute approximate surface area is 121 Å². The maximum atomic E-state index is 5.28. The summed E-state index contributed by atoms with van der Waals surface area (Å²) in [6.45, 7) is 0.506. The molecule has 104 valence electrons.